The van der Waals surface area contributed by atoms with E-state index in [0.29, 0.717) is 0 Å². The molecule has 90 valence electrons. The Morgan fingerprint density at radius 3 is 2.94 bits per heavy atom. The van der Waals surface area contributed by atoms with E-state index < -0.39 is 12.0 Å². The summed E-state index contributed by atoms with van der Waals surface area (Å²) in [7, 11) is 0. The summed E-state index contributed by atoms with van der Waals surface area (Å²) in [6.07, 6.45) is 4.29. The number of aliphatic hydroxyl groups excluding tert-OH is 1. The van der Waals surface area contributed by atoms with E-state index in [1.165, 1.54) is 6.08 Å². The van der Waals surface area contributed by atoms with Crippen molar-refractivity contribution < 1.29 is 19.4 Å². The van der Waals surface area contributed by atoms with Crippen LogP contribution in [0.15, 0.2) is 23.8 Å². The largest absolute Gasteiger partial charge is 0.458 e. The van der Waals surface area contributed by atoms with E-state index in [2.05, 4.69) is 0 Å². The molecule has 0 aromatic rings. The average molecular weight is 234 g/mol. The molecule has 4 nitrogen and oxygen atoms in total. The molecule has 5 atom stereocenters. The smallest absolute Gasteiger partial charge is 0.306 e. The third-order valence-corrected chi connectivity index (χ3v) is 4.03. The number of esters is 1. The third-order valence-electron chi connectivity index (χ3n) is 4.03. The Hall–Kier alpha value is -1.42. The number of ether oxygens (including phenoxy) is 1. The van der Waals surface area contributed by atoms with Crippen molar-refractivity contribution >= 4 is 11.8 Å². The van der Waals surface area contributed by atoms with Crippen molar-refractivity contribution in [2.75, 3.05) is 0 Å². The maximum absolute atomic E-state index is 11.8. The monoisotopic (exact) mass is 234 g/mol. The number of aliphatic hydroxyl groups is 1. The van der Waals surface area contributed by atoms with Crippen molar-refractivity contribution in [1.29, 1.82) is 0 Å². The molecular formula is C13H14O4. The molecule has 0 amide bonds. The van der Waals surface area contributed by atoms with E-state index in [1.807, 2.05) is 19.1 Å². The Labute approximate surface area is 99.0 Å². The minimum absolute atomic E-state index is 0.0400. The van der Waals surface area contributed by atoms with Gasteiger partial charge in [0.25, 0.3) is 0 Å². The Kier molecular flexibility index (Phi) is 2.23. The third kappa shape index (κ3) is 1.47. The molecule has 0 aromatic carbocycles. The summed E-state index contributed by atoms with van der Waals surface area (Å²) in [6, 6.07) is 0. The molecule has 4 heteroatoms. The summed E-state index contributed by atoms with van der Waals surface area (Å²) in [6.45, 7) is 1.92. The van der Waals surface area contributed by atoms with E-state index >= 15 is 0 Å². The van der Waals surface area contributed by atoms with Gasteiger partial charge in [0.05, 0.1) is 18.4 Å². The van der Waals surface area contributed by atoms with Crippen LogP contribution in [0.4, 0.5) is 0 Å². The fourth-order valence-electron chi connectivity index (χ4n) is 3.13. The van der Waals surface area contributed by atoms with Crippen LogP contribution in [-0.2, 0) is 14.3 Å². The van der Waals surface area contributed by atoms with Gasteiger partial charge >= 0.3 is 5.97 Å². The molecule has 0 unspecified atom stereocenters. The Balaban J connectivity index is 2.02. The zero-order valence-electron chi connectivity index (χ0n) is 9.50. The number of hydrogen-bond donors (Lipinski definition) is 1. The molecule has 0 saturated carbocycles. The van der Waals surface area contributed by atoms with Crippen LogP contribution in [0.25, 0.3) is 0 Å². The number of carbonyl (C=O) groups excluding carboxylic acids is 2. The summed E-state index contributed by atoms with van der Waals surface area (Å²) >= 11 is 0. The van der Waals surface area contributed by atoms with Gasteiger partial charge in [-0.3, -0.25) is 9.59 Å². The van der Waals surface area contributed by atoms with Gasteiger partial charge in [-0.15, -0.1) is 0 Å². The van der Waals surface area contributed by atoms with E-state index in [9.17, 15) is 14.7 Å². The summed E-state index contributed by atoms with van der Waals surface area (Å²) in [5.74, 6) is -1.09. The highest BCUT2D eigenvalue weighted by atomic mass is 16.6. The molecule has 1 saturated heterocycles. The van der Waals surface area contributed by atoms with E-state index in [1.54, 1.807) is 0 Å². The topological polar surface area (TPSA) is 63.6 Å². The highest BCUT2D eigenvalue weighted by molar-refractivity contribution is 5.95. The van der Waals surface area contributed by atoms with Crippen LogP contribution in [0.3, 0.4) is 0 Å². The Morgan fingerprint density at radius 2 is 2.18 bits per heavy atom. The molecule has 1 heterocycles. The van der Waals surface area contributed by atoms with Crippen LogP contribution in [0, 0.1) is 17.8 Å². The summed E-state index contributed by atoms with van der Waals surface area (Å²) in [5.41, 5.74) is 0.998. The van der Waals surface area contributed by atoms with Crippen LogP contribution < -0.4 is 0 Å². The summed E-state index contributed by atoms with van der Waals surface area (Å²) in [4.78, 5) is 23.1. The first kappa shape index (κ1) is 10.7. The molecule has 0 radical (unpaired) electrons. The molecule has 17 heavy (non-hydrogen) atoms. The Bertz CT molecular complexity index is 448. The number of rotatable bonds is 0. The first-order chi connectivity index (χ1) is 8.08. The highest BCUT2D eigenvalue weighted by Gasteiger charge is 2.49. The van der Waals surface area contributed by atoms with Gasteiger partial charge in [0.2, 0.25) is 0 Å². The van der Waals surface area contributed by atoms with Crippen molar-refractivity contribution in [2.24, 2.45) is 17.8 Å². The van der Waals surface area contributed by atoms with Gasteiger partial charge in [0.1, 0.15) is 6.10 Å². The van der Waals surface area contributed by atoms with E-state index in [4.69, 9.17) is 4.74 Å². The minimum atomic E-state index is -0.798. The van der Waals surface area contributed by atoms with Crippen molar-refractivity contribution in [1.82, 2.24) is 0 Å². The number of allylic oxidation sites excluding steroid dienone is 3. The summed E-state index contributed by atoms with van der Waals surface area (Å²) in [5, 5.41) is 10.3. The first-order valence-electron chi connectivity index (χ1n) is 5.86. The normalized spacial score (nSPS) is 43.9. The van der Waals surface area contributed by atoms with Crippen molar-refractivity contribution in [3.05, 3.63) is 23.8 Å². The standard InChI is InChI=1S/C13H14O4/c1-6-4-10-8(5-11(15)17-10)13(16)12-7(6)2-3-9(12)14/h2-4,7-8,10,12-13,16H,5H2,1H3/t7-,8-,10+,12-,13+/m1/s1. The second kappa shape index (κ2) is 3.53. The number of carbonyl (C=O) groups is 2. The highest BCUT2D eigenvalue weighted by Crippen LogP contribution is 2.42. The Morgan fingerprint density at radius 1 is 1.41 bits per heavy atom. The molecular weight excluding hydrogens is 220 g/mol. The molecule has 0 aromatic heterocycles. The minimum Gasteiger partial charge on any atom is -0.458 e. The second-order valence-corrected chi connectivity index (χ2v) is 5.04. The lowest BCUT2D eigenvalue weighted by atomic mass is 9.81. The van der Waals surface area contributed by atoms with Crippen LogP contribution in [-0.4, -0.2) is 29.1 Å². The fourth-order valence-corrected chi connectivity index (χ4v) is 3.13. The molecule has 2 aliphatic carbocycles. The van der Waals surface area contributed by atoms with Gasteiger partial charge in [0.15, 0.2) is 5.78 Å². The number of hydrogen-bond acceptors (Lipinski definition) is 4. The number of fused-ring (bicyclic) bond motifs is 2. The SMILES string of the molecule is CC1=C[C@@H]2OC(=O)C[C@H]2[C@H](O)[C@H]2C(=O)C=C[C@H]12. The molecule has 1 fully saturated rings. The number of ketones is 1. The van der Waals surface area contributed by atoms with Gasteiger partial charge < -0.3 is 9.84 Å². The van der Waals surface area contributed by atoms with E-state index in [0.717, 1.165) is 5.57 Å². The van der Waals surface area contributed by atoms with Crippen LogP contribution in [0.5, 0.6) is 0 Å². The lowest BCUT2D eigenvalue weighted by Crippen LogP contribution is -2.37. The van der Waals surface area contributed by atoms with Gasteiger partial charge in [-0.1, -0.05) is 11.6 Å². The molecule has 1 N–H and O–H groups in total. The van der Waals surface area contributed by atoms with Crippen LogP contribution in [0.2, 0.25) is 0 Å². The van der Waals surface area contributed by atoms with Crippen molar-refractivity contribution in [3.8, 4) is 0 Å². The zero-order valence-corrected chi connectivity index (χ0v) is 9.50. The maximum Gasteiger partial charge on any atom is 0.306 e. The molecule has 3 aliphatic rings. The lowest BCUT2D eigenvalue weighted by Gasteiger charge is -2.25. The van der Waals surface area contributed by atoms with Crippen LogP contribution in [0.1, 0.15) is 13.3 Å². The second-order valence-electron chi connectivity index (χ2n) is 5.04. The average Bonchev–Trinajstić information content (AvgIpc) is 2.79. The van der Waals surface area contributed by atoms with Gasteiger partial charge in [-0.25, -0.2) is 0 Å². The molecule has 0 bridgehead atoms. The van der Waals surface area contributed by atoms with Crippen molar-refractivity contribution in [3.63, 3.8) is 0 Å². The predicted octanol–water partition coefficient (Wildman–Crippen LogP) is 0.610. The van der Waals surface area contributed by atoms with E-state index in [-0.39, 0.29) is 36.1 Å². The lowest BCUT2D eigenvalue weighted by molar-refractivity contribution is -0.140. The fraction of sp³-hybridized carbons (Fsp3) is 0.538. The van der Waals surface area contributed by atoms with Crippen molar-refractivity contribution in [2.45, 2.75) is 25.6 Å². The van der Waals surface area contributed by atoms with Gasteiger partial charge in [-0.2, -0.15) is 0 Å². The van der Waals surface area contributed by atoms with Gasteiger partial charge in [0, 0.05) is 11.8 Å². The molecule has 1 aliphatic heterocycles. The molecule has 0 spiro atoms. The van der Waals surface area contributed by atoms with Gasteiger partial charge in [-0.05, 0) is 19.1 Å². The zero-order chi connectivity index (χ0) is 12.2. The predicted molar refractivity (Wildman–Crippen MR) is 58.9 cm³/mol. The van der Waals surface area contributed by atoms with Crippen LogP contribution >= 0.6 is 0 Å². The quantitative estimate of drug-likeness (QED) is 0.492. The maximum atomic E-state index is 11.8. The summed E-state index contributed by atoms with van der Waals surface area (Å²) < 4.78 is 5.18. The molecule has 3 rings (SSSR count). The first-order valence-corrected chi connectivity index (χ1v) is 5.86.